The first-order chi connectivity index (χ1) is 10.6. The van der Waals surface area contributed by atoms with E-state index >= 15 is 0 Å². The summed E-state index contributed by atoms with van der Waals surface area (Å²) in [5.41, 5.74) is 9.23. The van der Waals surface area contributed by atoms with Crippen molar-refractivity contribution in [3.63, 3.8) is 0 Å². The fourth-order valence-electron chi connectivity index (χ4n) is 2.46. The van der Waals surface area contributed by atoms with Crippen LogP contribution in [-0.4, -0.2) is 50.6 Å². The van der Waals surface area contributed by atoms with E-state index in [0.29, 0.717) is 24.5 Å². The van der Waals surface area contributed by atoms with Gasteiger partial charge in [0.25, 0.3) is 0 Å². The highest BCUT2D eigenvalue weighted by Crippen LogP contribution is 2.38. The first-order valence-corrected chi connectivity index (χ1v) is 7.20. The largest absolute Gasteiger partial charge is 0.462 e. The van der Waals surface area contributed by atoms with Crippen molar-refractivity contribution in [1.29, 1.82) is 0 Å². The molecule has 0 bridgehead atoms. The van der Waals surface area contributed by atoms with Crippen LogP contribution in [-0.2, 0) is 0 Å². The molecule has 0 fully saturated rings. The molecule has 2 rings (SSSR count). The second kappa shape index (κ2) is 7.20. The lowest BCUT2D eigenvalue weighted by Crippen LogP contribution is -2.30. The van der Waals surface area contributed by atoms with Gasteiger partial charge >= 0.3 is 0 Å². The molecule has 0 spiro atoms. The van der Waals surface area contributed by atoms with Crippen LogP contribution in [0.5, 0.6) is 0 Å². The standard InChI is InChI=1S/C16H23N3O3/c1-18(2)15-5-10-22-16(15)13-11-12(17)3-4-14(13)19(6-8-20)7-9-21/h3-5,10-11,20-21H,6-9,17H2,1-2H3. The molecule has 0 radical (unpaired) electrons. The summed E-state index contributed by atoms with van der Waals surface area (Å²) in [5, 5.41) is 18.5. The molecule has 0 unspecified atom stereocenters. The van der Waals surface area contributed by atoms with E-state index in [-0.39, 0.29) is 13.2 Å². The lowest BCUT2D eigenvalue weighted by atomic mass is 10.1. The van der Waals surface area contributed by atoms with E-state index in [9.17, 15) is 10.2 Å². The number of benzene rings is 1. The van der Waals surface area contributed by atoms with Crippen molar-refractivity contribution < 1.29 is 14.6 Å². The second-order valence-electron chi connectivity index (χ2n) is 5.24. The summed E-state index contributed by atoms with van der Waals surface area (Å²) in [6.45, 7) is 0.857. The third-order valence-corrected chi connectivity index (χ3v) is 3.47. The fraction of sp³-hybridized carbons (Fsp3) is 0.375. The van der Waals surface area contributed by atoms with Crippen LogP contribution >= 0.6 is 0 Å². The minimum absolute atomic E-state index is 0.00249. The van der Waals surface area contributed by atoms with Crippen LogP contribution in [0.3, 0.4) is 0 Å². The molecular weight excluding hydrogens is 282 g/mol. The monoisotopic (exact) mass is 305 g/mol. The van der Waals surface area contributed by atoms with Crippen LogP contribution in [0.25, 0.3) is 11.3 Å². The van der Waals surface area contributed by atoms with Gasteiger partial charge in [0.05, 0.1) is 25.2 Å². The molecule has 120 valence electrons. The van der Waals surface area contributed by atoms with Gasteiger partial charge < -0.3 is 30.2 Å². The molecule has 1 aromatic carbocycles. The number of hydrogen-bond acceptors (Lipinski definition) is 6. The van der Waals surface area contributed by atoms with Gasteiger partial charge in [-0.25, -0.2) is 0 Å². The summed E-state index contributed by atoms with van der Waals surface area (Å²) in [6, 6.07) is 7.43. The van der Waals surface area contributed by atoms with Gasteiger partial charge in [0, 0.05) is 50.2 Å². The Bertz CT molecular complexity index is 604. The van der Waals surface area contributed by atoms with Gasteiger partial charge in [0.1, 0.15) is 0 Å². The summed E-state index contributed by atoms with van der Waals surface area (Å²) in [6.07, 6.45) is 1.64. The summed E-state index contributed by atoms with van der Waals surface area (Å²) in [4.78, 5) is 3.88. The van der Waals surface area contributed by atoms with Gasteiger partial charge in [0.15, 0.2) is 5.76 Å². The number of hydrogen-bond donors (Lipinski definition) is 3. The van der Waals surface area contributed by atoms with Crippen molar-refractivity contribution in [2.75, 3.05) is 55.9 Å². The smallest absolute Gasteiger partial charge is 0.159 e. The van der Waals surface area contributed by atoms with E-state index < -0.39 is 0 Å². The average Bonchev–Trinajstić information content (AvgIpc) is 2.96. The van der Waals surface area contributed by atoms with Gasteiger partial charge in [-0.3, -0.25) is 0 Å². The van der Waals surface area contributed by atoms with Crippen molar-refractivity contribution in [2.45, 2.75) is 0 Å². The minimum atomic E-state index is 0.00249. The van der Waals surface area contributed by atoms with Crippen LogP contribution in [0.2, 0.25) is 0 Å². The Morgan fingerprint density at radius 3 is 2.32 bits per heavy atom. The summed E-state index contributed by atoms with van der Waals surface area (Å²) >= 11 is 0. The Labute approximate surface area is 130 Å². The number of anilines is 3. The zero-order valence-electron chi connectivity index (χ0n) is 13.0. The van der Waals surface area contributed by atoms with Gasteiger partial charge in [-0.1, -0.05) is 0 Å². The summed E-state index contributed by atoms with van der Waals surface area (Å²) in [5.74, 6) is 0.716. The predicted molar refractivity (Wildman–Crippen MR) is 89.3 cm³/mol. The van der Waals surface area contributed by atoms with Crippen molar-refractivity contribution in [3.05, 3.63) is 30.5 Å². The third kappa shape index (κ3) is 3.35. The van der Waals surface area contributed by atoms with E-state index in [2.05, 4.69) is 0 Å². The van der Waals surface area contributed by atoms with Crippen molar-refractivity contribution in [1.82, 2.24) is 0 Å². The Balaban J connectivity index is 2.54. The molecule has 0 aliphatic carbocycles. The molecule has 0 aliphatic rings. The predicted octanol–water partition coefficient (Wildman–Crippen LogP) is 1.39. The van der Waals surface area contributed by atoms with Crippen molar-refractivity contribution in [3.8, 4) is 11.3 Å². The van der Waals surface area contributed by atoms with Gasteiger partial charge in [0.2, 0.25) is 0 Å². The third-order valence-electron chi connectivity index (χ3n) is 3.47. The number of rotatable bonds is 7. The average molecular weight is 305 g/mol. The lowest BCUT2D eigenvalue weighted by Gasteiger charge is -2.26. The van der Waals surface area contributed by atoms with Crippen molar-refractivity contribution in [2.24, 2.45) is 0 Å². The zero-order chi connectivity index (χ0) is 16.1. The maximum Gasteiger partial charge on any atom is 0.159 e. The lowest BCUT2D eigenvalue weighted by molar-refractivity contribution is 0.281. The quantitative estimate of drug-likeness (QED) is 0.670. The van der Waals surface area contributed by atoms with Crippen LogP contribution in [0.4, 0.5) is 17.1 Å². The zero-order valence-corrected chi connectivity index (χ0v) is 13.0. The van der Waals surface area contributed by atoms with E-state index in [1.54, 1.807) is 12.3 Å². The molecule has 0 saturated carbocycles. The number of furan rings is 1. The Morgan fingerprint density at radius 1 is 1.05 bits per heavy atom. The van der Waals surface area contributed by atoms with Gasteiger partial charge in [-0.05, 0) is 18.2 Å². The molecule has 0 amide bonds. The van der Waals surface area contributed by atoms with Crippen molar-refractivity contribution >= 4 is 17.1 Å². The van der Waals surface area contributed by atoms with Crippen LogP contribution in [0.15, 0.2) is 34.9 Å². The van der Waals surface area contributed by atoms with E-state index in [1.165, 1.54) is 0 Å². The number of aliphatic hydroxyl groups is 2. The van der Waals surface area contributed by atoms with E-state index in [4.69, 9.17) is 10.2 Å². The maximum atomic E-state index is 9.26. The number of nitrogen functional groups attached to an aromatic ring is 1. The van der Waals surface area contributed by atoms with Crippen LogP contribution < -0.4 is 15.5 Å². The molecule has 4 N–H and O–H groups in total. The maximum absolute atomic E-state index is 9.26. The molecule has 1 heterocycles. The highest BCUT2D eigenvalue weighted by molar-refractivity contribution is 5.85. The van der Waals surface area contributed by atoms with Crippen LogP contribution in [0.1, 0.15) is 0 Å². The Hall–Kier alpha value is -2.18. The number of aliphatic hydroxyl groups excluding tert-OH is 2. The van der Waals surface area contributed by atoms with E-state index in [0.717, 1.165) is 16.9 Å². The SMILES string of the molecule is CN(C)c1ccoc1-c1cc(N)ccc1N(CCO)CCO. The minimum Gasteiger partial charge on any atom is -0.462 e. The highest BCUT2D eigenvalue weighted by atomic mass is 16.3. The first-order valence-electron chi connectivity index (χ1n) is 7.20. The normalized spacial score (nSPS) is 10.7. The summed E-state index contributed by atoms with van der Waals surface area (Å²) in [7, 11) is 3.89. The number of nitrogens with zero attached hydrogens (tertiary/aromatic N) is 2. The van der Waals surface area contributed by atoms with E-state index in [1.807, 2.05) is 42.1 Å². The highest BCUT2D eigenvalue weighted by Gasteiger charge is 2.18. The molecular formula is C16H23N3O3. The Kier molecular flexibility index (Phi) is 5.30. The molecule has 0 aliphatic heterocycles. The first kappa shape index (κ1) is 16.2. The molecule has 1 aromatic heterocycles. The molecule has 0 saturated heterocycles. The molecule has 2 aromatic rings. The molecule has 6 heteroatoms. The topological polar surface area (TPSA) is 86.1 Å². The summed E-state index contributed by atoms with van der Waals surface area (Å²) < 4.78 is 5.67. The molecule has 6 nitrogen and oxygen atoms in total. The Morgan fingerprint density at radius 2 is 1.73 bits per heavy atom. The van der Waals surface area contributed by atoms with Gasteiger partial charge in [-0.2, -0.15) is 0 Å². The molecule has 22 heavy (non-hydrogen) atoms. The molecule has 0 atom stereocenters. The number of nitrogens with two attached hydrogens (primary N) is 1. The van der Waals surface area contributed by atoms with Crippen LogP contribution in [0, 0.1) is 0 Å². The van der Waals surface area contributed by atoms with Gasteiger partial charge in [-0.15, -0.1) is 0 Å². The second-order valence-corrected chi connectivity index (χ2v) is 5.24. The fourth-order valence-corrected chi connectivity index (χ4v) is 2.46.